The summed E-state index contributed by atoms with van der Waals surface area (Å²) in [5, 5.41) is 3.93. The van der Waals surface area contributed by atoms with Crippen LogP contribution >= 0.6 is 34.8 Å². The fourth-order valence-electron chi connectivity index (χ4n) is 5.79. The van der Waals surface area contributed by atoms with Crippen molar-refractivity contribution in [1.82, 2.24) is 10.2 Å². The van der Waals surface area contributed by atoms with Gasteiger partial charge in [-0.1, -0.05) is 67.1 Å². The summed E-state index contributed by atoms with van der Waals surface area (Å²) in [5.41, 5.74) is 0.441. The quantitative estimate of drug-likeness (QED) is 0.187. The summed E-state index contributed by atoms with van der Waals surface area (Å²) in [5.74, 6) is -0.377. The molecule has 3 aromatic rings. The summed E-state index contributed by atoms with van der Waals surface area (Å²) < 4.78 is 46.1. The van der Waals surface area contributed by atoms with Crippen molar-refractivity contribution < 1.29 is 32.2 Å². The second kappa shape index (κ2) is 16.8. The standard InChI is InChI=1S/C34H40Cl3N3O7S/c1-5-28(34(42)38-23-10-7-6-8-11-23)39(20-25-26(36)12-9-13-27(25)37)33(41)21-40(29-18-22(35)14-16-30(29)45-2)48(43,44)24-15-17-31(46-3)32(19-24)47-4/h9,12-19,23,28H,5-8,10-11,20-21H2,1-4H3,(H,38,42)/t28-/m1/s1. The third-order valence-corrected chi connectivity index (χ3v) is 11.1. The van der Waals surface area contributed by atoms with E-state index >= 15 is 0 Å². The van der Waals surface area contributed by atoms with Gasteiger partial charge in [-0.05, 0) is 61.7 Å². The van der Waals surface area contributed by atoms with Crippen molar-refractivity contribution in [2.75, 3.05) is 32.2 Å². The highest BCUT2D eigenvalue weighted by Gasteiger charge is 2.36. The second-order valence-electron chi connectivity index (χ2n) is 11.3. The van der Waals surface area contributed by atoms with Gasteiger partial charge in [0.1, 0.15) is 18.3 Å². The molecule has 14 heteroatoms. The monoisotopic (exact) mass is 739 g/mol. The van der Waals surface area contributed by atoms with Gasteiger partial charge in [0.2, 0.25) is 11.8 Å². The van der Waals surface area contributed by atoms with Crippen molar-refractivity contribution in [3.63, 3.8) is 0 Å². The highest BCUT2D eigenvalue weighted by Crippen LogP contribution is 2.37. The van der Waals surface area contributed by atoms with E-state index in [2.05, 4.69) is 5.32 Å². The van der Waals surface area contributed by atoms with Crippen LogP contribution in [0.25, 0.3) is 0 Å². The number of halogens is 3. The minimum atomic E-state index is -4.50. The maximum atomic E-state index is 14.6. The molecule has 1 saturated carbocycles. The van der Waals surface area contributed by atoms with E-state index in [1.54, 1.807) is 31.2 Å². The van der Waals surface area contributed by atoms with Crippen LogP contribution in [0.1, 0.15) is 51.0 Å². The number of hydrogen-bond acceptors (Lipinski definition) is 7. The fourth-order valence-corrected chi connectivity index (χ4v) is 7.91. The average molecular weight is 741 g/mol. The Bertz CT molecular complexity index is 1700. The lowest BCUT2D eigenvalue weighted by atomic mass is 9.95. The topological polar surface area (TPSA) is 114 Å². The first-order valence-electron chi connectivity index (χ1n) is 15.6. The third-order valence-electron chi connectivity index (χ3n) is 8.36. The predicted molar refractivity (Wildman–Crippen MR) is 188 cm³/mol. The summed E-state index contributed by atoms with van der Waals surface area (Å²) in [6.07, 6.45) is 5.05. The van der Waals surface area contributed by atoms with E-state index in [1.165, 1.54) is 56.6 Å². The third kappa shape index (κ3) is 8.61. The Labute approximate surface area is 297 Å². The Morgan fingerprint density at radius 3 is 2.10 bits per heavy atom. The Morgan fingerprint density at radius 1 is 0.875 bits per heavy atom. The van der Waals surface area contributed by atoms with Crippen LogP contribution in [0.5, 0.6) is 17.2 Å². The van der Waals surface area contributed by atoms with Gasteiger partial charge >= 0.3 is 0 Å². The average Bonchev–Trinajstić information content (AvgIpc) is 3.08. The number of sulfonamides is 1. The fraction of sp³-hybridized carbons (Fsp3) is 0.412. The number of nitrogens with zero attached hydrogens (tertiary/aromatic N) is 2. The molecular formula is C34H40Cl3N3O7S. The molecule has 2 amide bonds. The number of carbonyl (C=O) groups excluding carboxylic acids is 2. The first kappa shape index (κ1) is 37.4. The molecule has 1 N–H and O–H groups in total. The van der Waals surface area contributed by atoms with Crippen molar-refractivity contribution in [2.24, 2.45) is 0 Å². The largest absolute Gasteiger partial charge is 0.495 e. The van der Waals surface area contributed by atoms with E-state index in [4.69, 9.17) is 49.0 Å². The van der Waals surface area contributed by atoms with Gasteiger partial charge < -0.3 is 24.4 Å². The molecule has 0 aliphatic heterocycles. The summed E-state index contributed by atoms with van der Waals surface area (Å²) in [7, 11) is -0.298. The number of benzene rings is 3. The second-order valence-corrected chi connectivity index (χ2v) is 14.4. The molecule has 0 heterocycles. The van der Waals surface area contributed by atoms with Crippen molar-refractivity contribution in [1.29, 1.82) is 0 Å². The minimum Gasteiger partial charge on any atom is -0.495 e. The van der Waals surface area contributed by atoms with E-state index < -0.39 is 28.5 Å². The molecule has 260 valence electrons. The molecule has 1 aliphatic rings. The SMILES string of the molecule is CC[C@H](C(=O)NC1CCCCC1)N(Cc1c(Cl)cccc1Cl)C(=O)CN(c1cc(Cl)ccc1OC)S(=O)(=O)c1ccc(OC)c(OC)c1. The maximum absolute atomic E-state index is 14.6. The summed E-state index contributed by atoms with van der Waals surface area (Å²) in [6, 6.07) is 12.5. The van der Waals surface area contributed by atoms with E-state index in [1.807, 2.05) is 0 Å². The lowest BCUT2D eigenvalue weighted by Gasteiger charge is -2.35. The van der Waals surface area contributed by atoms with Crippen LogP contribution in [-0.4, -0.2) is 65.1 Å². The molecule has 3 aromatic carbocycles. The van der Waals surface area contributed by atoms with Crippen molar-refractivity contribution >= 4 is 62.3 Å². The normalized spacial score (nSPS) is 14.1. The van der Waals surface area contributed by atoms with Gasteiger partial charge in [0.15, 0.2) is 11.5 Å². The Morgan fingerprint density at radius 2 is 1.50 bits per heavy atom. The number of amides is 2. The molecular weight excluding hydrogens is 701 g/mol. The van der Waals surface area contributed by atoms with Gasteiger partial charge in [0.25, 0.3) is 10.0 Å². The number of methoxy groups -OCH3 is 3. The summed E-state index contributed by atoms with van der Waals surface area (Å²) in [4.78, 5) is 29.6. The number of anilines is 1. The van der Waals surface area contributed by atoms with Crippen LogP contribution < -0.4 is 23.8 Å². The summed E-state index contributed by atoms with van der Waals surface area (Å²) in [6.45, 7) is 0.922. The van der Waals surface area contributed by atoms with Crippen LogP contribution in [-0.2, 0) is 26.2 Å². The maximum Gasteiger partial charge on any atom is 0.265 e. The Balaban J connectivity index is 1.82. The van der Waals surface area contributed by atoms with Crippen LogP contribution in [0.15, 0.2) is 59.5 Å². The number of nitrogens with one attached hydrogen (secondary N) is 1. The molecule has 0 unspecified atom stereocenters. The highest BCUT2D eigenvalue weighted by atomic mass is 35.5. The lowest BCUT2D eigenvalue weighted by Crippen LogP contribution is -2.54. The smallest absolute Gasteiger partial charge is 0.265 e. The van der Waals surface area contributed by atoms with Crippen LogP contribution in [0, 0.1) is 0 Å². The molecule has 1 aliphatic carbocycles. The summed E-state index contributed by atoms with van der Waals surface area (Å²) >= 11 is 19.4. The number of carbonyl (C=O) groups is 2. The molecule has 0 saturated heterocycles. The molecule has 1 fully saturated rings. The predicted octanol–water partition coefficient (Wildman–Crippen LogP) is 7.12. The zero-order valence-electron chi connectivity index (χ0n) is 27.3. The first-order chi connectivity index (χ1) is 22.9. The molecule has 1 atom stereocenters. The Kier molecular flexibility index (Phi) is 13.1. The van der Waals surface area contributed by atoms with Gasteiger partial charge in [-0.25, -0.2) is 8.42 Å². The van der Waals surface area contributed by atoms with Crippen molar-refractivity contribution in [2.45, 2.75) is 69.0 Å². The van der Waals surface area contributed by atoms with Crippen LogP contribution in [0.4, 0.5) is 5.69 Å². The Hall–Kier alpha value is -3.38. The molecule has 0 spiro atoms. The molecule has 0 radical (unpaired) electrons. The molecule has 0 bridgehead atoms. The zero-order chi connectivity index (χ0) is 35.0. The highest BCUT2D eigenvalue weighted by molar-refractivity contribution is 7.92. The lowest BCUT2D eigenvalue weighted by molar-refractivity contribution is -0.140. The van der Waals surface area contributed by atoms with E-state index in [0.717, 1.165) is 36.4 Å². The molecule has 4 rings (SSSR count). The van der Waals surface area contributed by atoms with Gasteiger partial charge in [0.05, 0.1) is 31.9 Å². The molecule has 48 heavy (non-hydrogen) atoms. The van der Waals surface area contributed by atoms with E-state index in [-0.39, 0.29) is 52.0 Å². The van der Waals surface area contributed by atoms with Crippen LogP contribution in [0.3, 0.4) is 0 Å². The number of ether oxygens (including phenoxy) is 3. The van der Waals surface area contributed by atoms with E-state index in [0.29, 0.717) is 21.4 Å². The van der Waals surface area contributed by atoms with Crippen molar-refractivity contribution in [3.05, 3.63) is 75.2 Å². The van der Waals surface area contributed by atoms with Gasteiger partial charge in [-0.15, -0.1) is 0 Å². The molecule has 0 aromatic heterocycles. The number of rotatable bonds is 14. The van der Waals surface area contributed by atoms with Gasteiger partial charge in [-0.3, -0.25) is 13.9 Å². The zero-order valence-corrected chi connectivity index (χ0v) is 30.4. The van der Waals surface area contributed by atoms with E-state index in [9.17, 15) is 18.0 Å². The first-order valence-corrected chi connectivity index (χ1v) is 18.1. The van der Waals surface area contributed by atoms with Gasteiger partial charge in [-0.2, -0.15) is 0 Å². The number of hydrogen-bond donors (Lipinski definition) is 1. The van der Waals surface area contributed by atoms with Crippen LogP contribution in [0.2, 0.25) is 15.1 Å². The van der Waals surface area contributed by atoms with Gasteiger partial charge in [0, 0.05) is 39.3 Å². The minimum absolute atomic E-state index is 0.0150. The van der Waals surface area contributed by atoms with Crippen molar-refractivity contribution in [3.8, 4) is 17.2 Å². The molecule has 10 nitrogen and oxygen atoms in total.